The van der Waals surface area contributed by atoms with Crippen LogP contribution in [0.2, 0.25) is 0 Å². The van der Waals surface area contributed by atoms with Gasteiger partial charge in [0.05, 0.1) is 12.7 Å². The van der Waals surface area contributed by atoms with E-state index in [9.17, 15) is 14.8 Å². The van der Waals surface area contributed by atoms with Gasteiger partial charge in [0.15, 0.2) is 12.7 Å². The third-order valence-electron chi connectivity index (χ3n) is 4.46. The molecule has 9 nitrogen and oxygen atoms in total. The first-order valence-corrected chi connectivity index (χ1v) is 10.5. The Labute approximate surface area is 143 Å². The molecule has 2 fully saturated rings. The third-order valence-corrected chi connectivity index (χ3v) is 5.38. The van der Waals surface area contributed by atoms with Crippen molar-refractivity contribution in [1.29, 1.82) is 0 Å². The molecule has 2 saturated heterocycles. The molecule has 3 heterocycles. The normalized spacial score (nSPS) is 37.5. The number of rotatable bonds is 4. The molecule has 0 radical (unpaired) electrons. The number of nitrogen functional groups attached to an aromatic ring is 1. The monoisotopic (exact) mass is 377 g/mol. The lowest BCUT2D eigenvalue weighted by Crippen LogP contribution is -2.50. The molecule has 0 spiro atoms. The SMILES string of the molecule is Cc1cn([C@@H]2O[C@]3(COP(C)(O)=S)C(O)[C@@H]2O[C@H]3C)c(=O)nc1N. The quantitative estimate of drug-likeness (QED) is 0.595. The van der Waals surface area contributed by atoms with Crippen molar-refractivity contribution in [1.82, 2.24) is 9.55 Å². The topological polar surface area (TPSA) is 129 Å². The molecule has 24 heavy (non-hydrogen) atoms. The number of ether oxygens (including phenoxy) is 2. The number of nitrogens with two attached hydrogens (primary N) is 1. The third kappa shape index (κ3) is 2.82. The van der Waals surface area contributed by atoms with Gasteiger partial charge in [-0.1, -0.05) is 0 Å². The van der Waals surface area contributed by atoms with Gasteiger partial charge in [-0.15, -0.1) is 0 Å². The van der Waals surface area contributed by atoms with Crippen LogP contribution in [0.3, 0.4) is 0 Å². The van der Waals surface area contributed by atoms with Gasteiger partial charge in [0, 0.05) is 18.4 Å². The lowest BCUT2D eigenvalue weighted by Gasteiger charge is -2.36. The fourth-order valence-corrected chi connectivity index (χ4v) is 3.66. The van der Waals surface area contributed by atoms with Crippen molar-refractivity contribution in [3.05, 3.63) is 22.2 Å². The molecule has 3 rings (SSSR count). The summed E-state index contributed by atoms with van der Waals surface area (Å²) in [6, 6.07) is 0. The van der Waals surface area contributed by atoms with Gasteiger partial charge in [0.25, 0.3) is 0 Å². The largest absolute Gasteiger partial charge is 0.387 e. The van der Waals surface area contributed by atoms with Crippen LogP contribution in [-0.4, -0.2) is 56.7 Å². The summed E-state index contributed by atoms with van der Waals surface area (Å²) < 4.78 is 18.3. The summed E-state index contributed by atoms with van der Waals surface area (Å²) in [6.07, 6.45) is -1.65. The molecule has 134 valence electrons. The van der Waals surface area contributed by atoms with Crippen molar-refractivity contribution < 1.29 is 24.0 Å². The van der Waals surface area contributed by atoms with Crippen LogP contribution in [0.15, 0.2) is 11.0 Å². The minimum atomic E-state index is -2.93. The van der Waals surface area contributed by atoms with Crippen LogP contribution in [0.25, 0.3) is 0 Å². The van der Waals surface area contributed by atoms with Crippen molar-refractivity contribution in [2.75, 3.05) is 19.0 Å². The molecule has 0 aromatic carbocycles. The maximum atomic E-state index is 12.1. The molecule has 0 aliphatic carbocycles. The van der Waals surface area contributed by atoms with E-state index in [0.29, 0.717) is 5.56 Å². The molecule has 0 saturated carbocycles. The average molecular weight is 377 g/mol. The van der Waals surface area contributed by atoms with Crippen molar-refractivity contribution >= 4 is 24.1 Å². The first kappa shape index (κ1) is 17.9. The van der Waals surface area contributed by atoms with Gasteiger partial charge in [-0.05, 0) is 25.7 Å². The van der Waals surface area contributed by atoms with E-state index in [2.05, 4.69) is 4.98 Å². The summed E-state index contributed by atoms with van der Waals surface area (Å²) in [4.78, 5) is 25.6. The molecule has 2 aliphatic heterocycles. The number of fused-ring (bicyclic) bond motifs is 2. The number of hydrogen-bond acceptors (Lipinski definition) is 8. The Bertz CT molecular complexity index is 767. The first-order valence-electron chi connectivity index (χ1n) is 7.36. The number of nitrogens with zero attached hydrogens (tertiary/aromatic N) is 2. The number of aliphatic hydroxyl groups is 1. The lowest BCUT2D eigenvalue weighted by atomic mass is 9.94. The van der Waals surface area contributed by atoms with Gasteiger partial charge in [0.1, 0.15) is 23.6 Å². The highest BCUT2D eigenvalue weighted by Gasteiger charge is 2.66. The van der Waals surface area contributed by atoms with Crippen molar-refractivity contribution in [2.45, 2.75) is 44.0 Å². The second-order valence-electron chi connectivity index (χ2n) is 6.23. The molecule has 6 atom stereocenters. The number of aromatic nitrogens is 2. The van der Waals surface area contributed by atoms with Crippen LogP contribution in [0, 0.1) is 6.92 Å². The highest BCUT2D eigenvalue weighted by atomic mass is 32.5. The standard InChI is InChI=1S/C13H20N3O6PS/c1-6-4-16(12(18)15-10(6)14)11-8-9(17)13(22-11,7(2)21-8)5-20-23(3,19)24/h4,7-9,11,17H,5H2,1-3H3,(H,19,24)(H2,14,15,18)/t7-,8-,9?,11+,13-,23?/m0/s1. The van der Waals surface area contributed by atoms with Gasteiger partial charge in [-0.25, -0.2) is 4.79 Å². The lowest BCUT2D eigenvalue weighted by molar-refractivity contribution is -0.216. The van der Waals surface area contributed by atoms with Gasteiger partial charge < -0.3 is 29.7 Å². The zero-order valence-electron chi connectivity index (χ0n) is 13.4. The van der Waals surface area contributed by atoms with E-state index in [-0.39, 0.29) is 12.4 Å². The molecule has 4 N–H and O–H groups in total. The molecule has 0 amide bonds. The summed E-state index contributed by atoms with van der Waals surface area (Å²) in [5.41, 5.74) is 4.42. The van der Waals surface area contributed by atoms with Crippen molar-refractivity contribution in [2.24, 2.45) is 0 Å². The predicted octanol–water partition coefficient (Wildman–Crippen LogP) is -0.502. The Hall–Kier alpha value is -0.870. The van der Waals surface area contributed by atoms with E-state index in [0.717, 1.165) is 0 Å². The molecule has 1 aromatic rings. The van der Waals surface area contributed by atoms with Crippen molar-refractivity contribution in [3.8, 4) is 0 Å². The first-order chi connectivity index (χ1) is 11.0. The summed E-state index contributed by atoms with van der Waals surface area (Å²) >= 11 is 4.87. The molecule has 2 bridgehead atoms. The number of aryl methyl sites for hydroxylation is 1. The zero-order chi connectivity index (χ0) is 17.9. The molecular formula is C13H20N3O6PS. The Balaban J connectivity index is 1.94. The van der Waals surface area contributed by atoms with Crippen LogP contribution >= 0.6 is 6.49 Å². The fourth-order valence-electron chi connectivity index (χ4n) is 3.06. The van der Waals surface area contributed by atoms with Gasteiger partial charge in [-0.2, -0.15) is 4.98 Å². The number of aliphatic hydroxyl groups excluding tert-OH is 1. The smallest absolute Gasteiger partial charge is 0.351 e. The summed E-state index contributed by atoms with van der Waals surface area (Å²) in [7, 11) is 0. The highest BCUT2D eigenvalue weighted by molar-refractivity contribution is 8.09. The van der Waals surface area contributed by atoms with Gasteiger partial charge in [-0.3, -0.25) is 4.57 Å². The molecule has 2 unspecified atom stereocenters. The van der Waals surface area contributed by atoms with Crippen LogP contribution in [0.5, 0.6) is 0 Å². The molecule has 2 aliphatic rings. The Morgan fingerprint density at radius 1 is 1.62 bits per heavy atom. The summed E-state index contributed by atoms with van der Waals surface area (Å²) in [5, 5.41) is 10.6. The maximum Gasteiger partial charge on any atom is 0.351 e. The maximum absolute atomic E-state index is 12.1. The van der Waals surface area contributed by atoms with Crippen LogP contribution in [0.4, 0.5) is 5.82 Å². The summed E-state index contributed by atoms with van der Waals surface area (Å²) in [5.74, 6) is 0.138. The van der Waals surface area contributed by atoms with E-state index in [4.69, 9.17) is 31.5 Å². The predicted molar refractivity (Wildman–Crippen MR) is 89.2 cm³/mol. The molecular weight excluding hydrogens is 357 g/mol. The zero-order valence-corrected chi connectivity index (χ0v) is 15.2. The van der Waals surface area contributed by atoms with E-state index in [1.54, 1.807) is 13.8 Å². The van der Waals surface area contributed by atoms with E-state index in [1.165, 1.54) is 17.4 Å². The second kappa shape index (κ2) is 5.84. The summed E-state index contributed by atoms with van der Waals surface area (Å²) in [6.45, 7) is 1.78. The minimum Gasteiger partial charge on any atom is -0.387 e. The van der Waals surface area contributed by atoms with Gasteiger partial charge in [0.2, 0.25) is 0 Å². The van der Waals surface area contributed by atoms with Crippen molar-refractivity contribution in [3.63, 3.8) is 0 Å². The Morgan fingerprint density at radius 2 is 2.29 bits per heavy atom. The number of hydrogen-bond donors (Lipinski definition) is 3. The Morgan fingerprint density at radius 3 is 2.92 bits per heavy atom. The van der Waals surface area contributed by atoms with E-state index >= 15 is 0 Å². The second-order valence-corrected chi connectivity index (χ2v) is 10.1. The van der Waals surface area contributed by atoms with Crippen LogP contribution in [-0.2, 0) is 25.8 Å². The van der Waals surface area contributed by atoms with Gasteiger partial charge >= 0.3 is 5.69 Å². The van der Waals surface area contributed by atoms with Crippen LogP contribution < -0.4 is 11.4 Å². The Kier molecular flexibility index (Phi) is 4.37. The molecule has 11 heteroatoms. The average Bonchev–Trinajstić information content (AvgIpc) is 2.87. The highest BCUT2D eigenvalue weighted by Crippen LogP contribution is 2.50. The van der Waals surface area contributed by atoms with E-state index < -0.39 is 42.3 Å². The number of anilines is 1. The minimum absolute atomic E-state index is 0.136. The fraction of sp³-hybridized carbons (Fsp3) is 0.692. The van der Waals surface area contributed by atoms with E-state index in [1.807, 2.05) is 0 Å². The molecule has 1 aromatic heterocycles. The van der Waals surface area contributed by atoms with Crippen LogP contribution in [0.1, 0.15) is 18.7 Å².